The number of hydrogen-bond donors (Lipinski definition) is 1. The van der Waals surface area contributed by atoms with Gasteiger partial charge in [0.2, 0.25) is 0 Å². The van der Waals surface area contributed by atoms with Crippen LogP contribution in [0, 0.1) is 11.3 Å². The van der Waals surface area contributed by atoms with Gasteiger partial charge in [0.25, 0.3) is 0 Å². The van der Waals surface area contributed by atoms with E-state index in [1.54, 1.807) is 0 Å². The molecule has 0 saturated heterocycles. The summed E-state index contributed by atoms with van der Waals surface area (Å²) in [5, 5.41) is 9.71. The van der Waals surface area contributed by atoms with Gasteiger partial charge in [-0.15, -0.1) is 0 Å². The Morgan fingerprint density at radius 2 is 2.27 bits per heavy atom. The molecule has 1 N–H and O–H groups in total. The Morgan fingerprint density at radius 1 is 1.47 bits per heavy atom. The molecule has 2 aromatic heterocycles. The highest BCUT2D eigenvalue weighted by molar-refractivity contribution is 5.80. The van der Waals surface area contributed by atoms with Gasteiger partial charge < -0.3 is 4.98 Å². The molecule has 2 heterocycles. The molecule has 0 bridgehead atoms. The maximum atomic E-state index is 8.66. The van der Waals surface area contributed by atoms with E-state index in [1.807, 2.05) is 18.3 Å². The molecule has 0 spiro atoms. The minimum atomic E-state index is 0.428. The van der Waals surface area contributed by atoms with Crippen molar-refractivity contribution in [1.29, 1.82) is 5.26 Å². The monoisotopic (exact) mass is 199 g/mol. The molecule has 0 aliphatic rings. The molecule has 0 unspecified atom stereocenters. The first kappa shape index (κ1) is 9.72. The molecular formula is C12H13N3. The predicted molar refractivity (Wildman–Crippen MR) is 59.5 cm³/mol. The third kappa shape index (κ3) is 1.71. The Labute approximate surface area is 88.8 Å². The zero-order chi connectivity index (χ0) is 10.8. The first-order valence-electron chi connectivity index (χ1n) is 5.06. The van der Waals surface area contributed by atoms with E-state index in [0.29, 0.717) is 12.3 Å². The van der Waals surface area contributed by atoms with Crippen LogP contribution in [0.15, 0.2) is 18.3 Å². The van der Waals surface area contributed by atoms with Crippen LogP contribution in [0.4, 0.5) is 0 Å². The predicted octanol–water partition coefficient (Wildman–Crippen LogP) is 2.75. The van der Waals surface area contributed by atoms with Crippen molar-refractivity contribution in [3.63, 3.8) is 0 Å². The fourth-order valence-corrected chi connectivity index (χ4v) is 1.63. The third-order valence-electron chi connectivity index (χ3n) is 2.51. The van der Waals surface area contributed by atoms with E-state index in [1.165, 1.54) is 0 Å². The van der Waals surface area contributed by atoms with Crippen molar-refractivity contribution < 1.29 is 0 Å². The zero-order valence-corrected chi connectivity index (χ0v) is 8.91. The fourth-order valence-electron chi connectivity index (χ4n) is 1.63. The van der Waals surface area contributed by atoms with E-state index >= 15 is 0 Å². The molecule has 76 valence electrons. The Morgan fingerprint density at radius 3 is 2.93 bits per heavy atom. The lowest BCUT2D eigenvalue weighted by atomic mass is 10.1. The lowest BCUT2D eigenvalue weighted by Gasteiger charge is -2.03. The van der Waals surface area contributed by atoms with Gasteiger partial charge in [-0.3, -0.25) is 0 Å². The quantitative estimate of drug-likeness (QED) is 0.808. The summed E-state index contributed by atoms with van der Waals surface area (Å²) >= 11 is 0. The van der Waals surface area contributed by atoms with Crippen LogP contribution in [0.25, 0.3) is 11.0 Å². The Balaban J connectivity index is 2.53. The number of aromatic nitrogens is 2. The van der Waals surface area contributed by atoms with Crippen LogP contribution in [0.5, 0.6) is 0 Å². The highest BCUT2D eigenvalue weighted by Crippen LogP contribution is 2.20. The van der Waals surface area contributed by atoms with Crippen molar-refractivity contribution in [1.82, 2.24) is 9.97 Å². The van der Waals surface area contributed by atoms with E-state index < -0.39 is 0 Å². The Hall–Kier alpha value is -1.82. The maximum Gasteiger partial charge on any atom is 0.137 e. The van der Waals surface area contributed by atoms with Crippen LogP contribution >= 0.6 is 0 Å². The van der Waals surface area contributed by atoms with Gasteiger partial charge in [0.05, 0.1) is 12.5 Å². The maximum absolute atomic E-state index is 8.66. The van der Waals surface area contributed by atoms with E-state index in [-0.39, 0.29) is 0 Å². The largest absolute Gasteiger partial charge is 0.346 e. The van der Waals surface area contributed by atoms with Gasteiger partial charge in [-0.1, -0.05) is 13.8 Å². The lowest BCUT2D eigenvalue weighted by molar-refractivity contribution is 0.828. The van der Waals surface area contributed by atoms with Gasteiger partial charge in [-0.05, 0) is 23.6 Å². The number of aromatic amines is 1. The van der Waals surface area contributed by atoms with Crippen LogP contribution in [0.2, 0.25) is 0 Å². The molecule has 0 saturated carbocycles. The topological polar surface area (TPSA) is 52.5 Å². The van der Waals surface area contributed by atoms with Crippen molar-refractivity contribution in [3.05, 3.63) is 29.6 Å². The molecule has 0 atom stereocenters. The van der Waals surface area contributed by atoms with E-state index in [9.17, 15) is 0 Å². The van der Waals surface area contributed by atoms with Crippen LogP contribution in [-0.2, 0) is 6.42 Å². The number of nitriles is 1. The highest BCUT2D eigenvalue weighted by atomic mass is 14.9. The zero-order valence-electron chi connectivity index (χ0n) is 8.91. The molecule has 0 radical (unpaired) electrons. The van der Waals surface area contributed by atoms with Crippen LogP contribution in [-0.4, -0.2) is 9.97 Å². The molecule has 2 rings (SSSR count). The molecule has 15 heavy (non-hydrogen) atoms. The second-order valence-electron chi connectivity index (χ2n) is 3.94. The molecule has 3 nitrogen and oxygen atoms in total. The SMILES string of the molecule is CC(C)c1ccc2c(CC#N)c[nH]c2n1. The van der Waals surface area contributed by atoms with Gasteiger partial charge in [-0.25, -0.2) is 4.98 Å². The van der Waals surface area contributed by atoms with Gasteiger partial charge in [0.1, 0.15) is 5.65 Å². The summed E-state index contributed by atoms with van der Waals surface area (Å²) in [6, 6.07) is 6.22. The minimum absolute atomic E-state index is 0.428. The summed E-state index contributed by atoms with van der Waals surface area (Å²) in [5.74, 6) is 0.428. The van der Waals surface area contributed by atoms with Crippen molar-refractivity contribution >= 4 is 11.0 Å². The first-order valence-corrected chi connectivity index (χ1v) is 5.06. The van der Waals surface area contributed by atoms with Crippen molar-refractivity contribution in [2.75, 3.05) is 0 Å². The van der Waals surface area contributed by atoms with Crippen molar-refractivity contribution in [3.8, 4) is 6.07 Å². The standard InChI is InChI=1S/C12H13N3/c1-8(2)11-4-3-10-9(5-6-13)7-14-12(10)15-11/h3-4,7-8H,5H2,1-2H3,(H,14,15). The average molecular weight is 199 g/mol. The molecule has 2 aromatic rings. The molecule has 0 aliphatic heterocycles. The number of pyridine rings is 1. The van der Waals surface area contributed by atoms with Gasteiger partial charge in [-0.2, -0.15) is 5.26 Å². The smallest absolute Gasteiger partial charge is 0.137 e. The summed E-state index contributed by atoms with van der Waals surface area (Å²) in [6.45, 7) is 4.24. The average Bonchev–Trinajstić information content (AvgIpc) is 2.61. The van der Waals surface area contributed by atoms with Crippen LogP contribution in [0.1, 0.15) is 31.0 Å². The molecule has 0 fully saturated rings. The number of nitrogens with one attached hydrogen (secondary N) is 1. The molecule has 3 heteroatoms. The van der Waals surface area contributed by atoms with Crippen molar-refractivity contribution in [2.24, 2.45) is 0 Å². The summed E-state index contributed by atoms with van der Waals surface area (Å²) in [4.78, 5) is 7.62. The molecule has 0 aliphatic carbocycles. The van der Waals surface area contributed by atoms with E-state index in [2.05, 4.69) is 29.9 Å². The number of hydrogen-bond acceptors (Lipinski definition) is 2. The molecular weight excluding hydrogens is 186 g/mol. The number of rotatable bonds is 2. The third-order valence-corrected chi connectivity index (χ3v) is 2.51. The van der Waals surface area contributed by atoms with Gasteiger partial charge >= 0.3 is 0 Å². The second-order valence-corrected chi connectivity index (χ2v) is 3.94. The Bertz CT molecular complexity index is 517. The van der Waals surface area contributed by atoms with E-state index in [0.717, 1.165) is 22.3 Å². The normalized spacial score (nSPS) is 10.8. The lowest BCUT2D eigenvalue weighted by Crippen LogP contribution is -1.92. The van der Waals surface area contributed by atoms with Crippen LogP contribution in [0.3, 0.4) is 0 Å². The number of H-pyrrole nitrogens is 1. The molecule has 0 aromatic carbocycles. The summed E-state index contributed by atoms with van der Waals surface area (Å²) < 4.78 is 0. The second kappa shape index (κ2) is 3.74. The number of nitrogens with zero attached hydrogens (tertiary/aromatic N) is 2. The van der Waals surface area contributed by atoms with Crippen molar-refractivity contribution in [2.45, 2.75) is 26.2 Å². The summed E-state index contributed by atoms with van der Waals surface area (Å²) in [6.07, 6.45) is 2.30. The fraction of sp³-hybridized carbons (Fsp3) is 0.333. The van der Waals surface area contributed by atoms with E-state index in [4.69, 9.17) is 5.26 Å². The summed E-state index contributed by atoms with van der Waals surface area (Å²) in [5.41, 5.74) is 2.98. The summed E-state index contributed by atoms with van der Waals surface area (Å²) in [7, 11) is 0. The molecule has 0 amide bonds. The Kier molecular flexibility index (Phi) is 2.42. The van der Waals surface area contributed by atoms with Gasteiger partial charge in [0, 0.05) is 17.3 Å². The first-order chi connectivity index (χ1) is 7.22. The van der Waals surface area contributed by atoms with Crippen LogP contribution < -0.4 is 0 Å². The number of fused-ring (bicyclic) bond motifs is 1. The minimum Gasteiger partial charge on any atom is -0.346 e. The highest BCUT2D eigenvalue weighted by Gasteiger charge is 2.06. The van der Waals surface area contributed by atoms with Gasteiger partial charge in [0.15, 0.2) is 0 Å².